The lowest BCUT2D eigenvalue weighted by Gasteiger charge is -2.19. The molecule has 5 heterocycles. The lowest BCUT2D eigenvalue weighted by molar-refractivity contribution is 0.140. The molecule has 2 aliphatic rings. The summed E-state index contributed by atoms with van der Waals surface area (Å²) < 4.78 is 30.9. The number of aliphatic hydroxyl groups is 1. The van der Waals surface area contributed by atoms with E-state index in [-0.39, 0.29) is 11.7 Å². The summed E-state index contributed by atoms with van der Waals surface area (Å²) in [6, 6.07) is 5.38. The molecule has 2 aliphatic heterocycles. The van der Waals surface area contributed by atoms with Gasteiger partial charge in [0.15, 0.2) is 11.5 Å². The van der Waals surface area contributed by atoms with Gasteiger partial charge in [-0.2, -0.15) is 0 Å². The number of aliphatic hydroxyl groups excluding tert-OH is 1. The van der Waals surface area contributed by atoms with Crippen LogP contribution in [0.25, 0.3) is 11.0 Å². The van der Waals surface area contributed by atoms with Crippen LogP contribution in [0.2, 0.25) is 0 Å². The lowest BCUT2D eigenvalue weighted by Crippen LogP contribution is -2.30. The number of nitrogens with zero attached hydrogens (tertiary/aromatic N) is 4. The highest BCUT2D eigenvalue weighted by molar-refractivity contribution is 5.78. The van der Waals surface area contributed by atoms with Gasteiger partial charge in [-0.15, -0.1) is 0 Å². The van der Waals surface area contributed by atoms with Gasteiger partial charge in [0.2, 0.25) is 5.88 Å². The second kappa shape index (κ2) is 10.0. The van der Waals surface area contributed by atoms with Gasteiger partial charge in [-0.05, 0) is 12.5 Å². The van der Waals surface area contributed by atoms with Gasteiger partial charge < -0.3 is 29.5 Å². The van der Waals surface area contributed by atoms with Crippen LogP contribution in [0.3, 0.4) is 0 Å². The van der Waals surface area contributed by atoms with Gasteiger partial charge in [-0.1, -0.05) is 0 Å². The average Bonchev–Trinajstić information content (AvgIpc) is 3.22. The van der Waals surface area contributed by atoms with Crippen molar-refractivity contribution < 1.29 is 23.7 Å². The number of halogens is 1. The van der Waals surface area contributed by atoms with Crippen LogP contribution in [0.5, 0.6) is 17.4 Å². The van der Waals surface area contributed by atoms with Crippen LogP contribution in [-0.4, -0.2) is 77.6 Å². The second-order valence-electron chi connectivity index (χ2n) is 8.59. The summed E-state index contributed by atoms with van der Waals surface area (Å²) in [6.07, 6.45) is 2.95. The first-order valence-corrected chi connectivity index (χ1v) is 11.4. The molecule has 2 unspecified atom stereocenters. The quantitative estimate of drug-likeness (QED) is 0.509. The van der Waals surface area contributed by atoms with Gasteiger partial charge in [-0.25, -0.2) is 9.37 Å². The zero-order valence-corrected chi connectivity index (χ0v) is 19.0. The van der Waals surface area contributed by atoms with E-state index in [1.165, 1.54) is 13.3 Å². The molecule has 0 saturated carbocycles. The third-order valence-electron chi connectivity index (χ3n) is 6.31. The van der Waals surface area contributed by atoms with E-state index < -0.39 is 6.10 Å². The largest absolute Gasteiger partial charge is 0.486 e. The van der Waals surface area contributed by atoms with Crippen molar-refractivity contribution in [2.24, 2.45) is 5.92 Å². The van der Waals surface area contributed by atoms with Gasteiger partial charge in [0.1, 0.15) is 19.0 Å². The maximum Gasteiger partial charge on any atom is 0.213 e. The maximum absolute atomic E-state index is 14.6. The number of hydrogen-bond acceptors (Lipinski definition) is 9. The Hall–Kier alpha value is -3.08. The first kappa shape index (κ1) is 22.7. The molecular weight excluding hydrogens is 441 g/mol. The minimum Gasteiger partial charge on any atom is -0.486 e. The summed E-state index contributed by atoms with van der Waals surface area (Å²) in [5.74, 6) is 1.51. The summed E-state index contributed by atoms with van der Waals surface area (Å²) >= 11 is 0. The molecule has 180 valence electrons. The highest BCUT2D eigenvalue weighted by Gasteiger charge is 2.31. The van der Waals surface area contributed by atoms with E-state index >= 15 is 0 Å². The number of methoxy groups -OCH3 is 1. The van der Waals surface area contributed by atoms with E-state index in [1.54, 1.807) is 18.3 Å². The molecule has 2 N–H and O–H groups in total. The Bertz CT molecular complexity index is 1160. The van der Waals surface area contributed by atoms with Crippen molar-refractivity contribution in [1.82, 2.24) is 25.2 Å². The Kier molecular flexibility index (Phi) is 6.70. The van der Waals surface area contributed by atoms with Gasteiger partial charge in [-0.3, -0.25) is 9.97 Å². The third-order valence-corrected chi connectivity index (χ3v) is 6.31. The Labute approximate surface area is 196 Å². The van der Waals surface area contributed by atoms with Crippen molar-refractivity contribution in [1.29, 1.82) is 0 Å². The predicted octanol–water partition coefficient (Wildman–Crippen LogP) is 1.57. The summed E-state index contributed by atoms with van der Waals surface area (Å²) in [7, 11) is 1.53. The second-order valence-corrected chi connectivity index (χ2v) is 8.59. The number of fused-ring (bicyclic) bond motifs is 2. The lowest BCUT2D eigenvalue weighted by atomic mass is 10.1. The van der Waals surface area contributed by atoms with Crippen molar-refractivity contribution in [3.63, 3.8) is 0 Å². The predicted molar refractivity (Wildman–Crippen MR) is 123 cm³/mol. The summed E-state index contributed by atoms with van der Waals surface area (Å²) in [5.41, 5.74) is 2.53. The number of pyridine rings is 3. The normalized spacial score (nSPS) is 20.1. The smallest absolute Gasteiger partial charge is 0.213 e. The molecule has 10 heteroatoms. The van der Waals surface area contributed by atoms with Crippen LogP contribution in [0.4, 0.5) is 4.39 Å². The number of ether oxygens (including phenoxy) is 3. The molecule has 0 amide bonds. The van der Waals surface area contributed by atoms with Gasteiger partial charge >= 0.3 is 0 Å². The molecule has 0 spiro atoms. The number of rotatable bonds is 8. The SMILES string of the molecule is COc1ccc2ncc(F)c(CCN3CC(O)C(CNCc4cc5c(cn4)OCCO5)C3)c2n1. The molecule has 0 aromatic carbocycles. The van der Waals surface area contributed by atoms with E-state index in [4.69, 9.17) is 14.2 Å². The molecule has 0 aliphatic carbocycles. The van der Waals surface area contributed by atoms with Crippen LogP contribution in [-0.2, 0) is 13.0 Å². The monoisotopic (exact) mass is 469 g/mol. The molecule has 1 fully saturated rings. The van der Waals surface area contributed by atoms with Crippen LogP contribution in [0.1, 0.15) is 11.3 Å². The molecule has 5 rings (SSSR count). The molecule has 1 saturated heterocycles. The Morgan fingerprint density at radius 2 is 2.03 bits per heavy atom. The zero-order valence-electron chi connectivity index (χ0n) is 19.0. The molecule has 34 heavy (non-hydrogen) atoms. The van der Waals surface area contributed by atoms with Gasteiger partial charge in [0.05, 0.1) is 42.3 Å². The number of aromatic nitrogens is 3. The van der Waals surface area contributed by atoms with Crippen LogP contribution >= 0.6 is 0 Å². The Balaban J connectivity index is 1.15. The van der Waals surface area contributed by atoms with Crippen molar-refractivity contribution in [2.45, 2.75) is 19.1 Å². The fourth-order valence-corrected chi connectivity index (χ4v) is 4.50. The zero-order chi connectivity index (χ0) is 23.5. The summed E-state index contributed by atoms with van der Waals surface area (Å²) in [6.45, 7) is 4.20. The van der Waals surface area contributed by atoms with Crippen molar-refractivity contribution in [3.05, 3.63) is 47.7 Å². The Morgan fingerprint density at radius 1 is 1.18 bits per heavy atom. The molecule has 9 nitrogen and oxygen atoms in total. The van der Waals surface area contributed by atoms with Gasteiger partial charge in [0.25, 0.3) is 0 Å². The first-order chi connectivity index (χ1) is 16.6. The minimum absolute atomic E-state index is 0.0782. The van der Waals surface area contributed by atoms with Crippen molar-refractivity contribution >= 4 is 11.0 Å². The highest BCUT2D eigenvalue weighted by Crippen LogP contribution is 2.29. The fraction of sp³-hybridized carbons (Fsp3) is 0.458. The fourth-order valence-electron chi connectivity index (χ4n) is 4.50. The topological polar surface area (TPSA) is 102 Å². The van der Waals surface area contributed by atoms with Crippen molar-refractivity contribution in [2.75, 3.05) is 46.5 Å². The molecule has 0 bridgehead atoms. The highest BCUT2D eigenvalue weighted by atomic mass is 19.1. The van der Waals surface area contributed by atoms with E-state index in [2.05, 4.69) is 25.2 Å². The molecule has 2 atom stereocenters. The summed E-state index contributed by atoms with van der Waals surface area (Å²) in [5, 5.41) is 13.9. The van der Waals surface area contributed by atoms with Gasteiger partial charge in [0, 0.05) is 56.3 Å². The van der Waals surface area contributed by atoms with E-state index in [1.807, 2.05) is 6.07 Å². The minimum atomic E-state index is -0.446. The van der Waals surface area contributed by atoms with E-state index in [0.717, 1.165) is 12.2 Å². The number of β-amino-alcohol motifs (C(OH)–C–C–N with tert-alkyl or cyclic N) is 1. The maximum atomic E-state index is 14.6. The number of nitrogens with one attached hydrogen (secondary N) is 1. The first-order valence-electron chi connectivity index (χ1n) is 11.4. The standard InChI is InChI=1S/C24H28FN5O4/c1-32-23-3-2-19-24(29-23)17(18(25)11-28-19)4-5-30-13-15(20(31)14-30)9-26-10-16-8-21-22(12-27-16)34-7-6-33-21/h2-3,8,11-12,15,20,26,31H,4-7,9-10,13-14H2,1H3. The van der Waals surface area contributed by atoms with Crippen LogP contribution in [0, 0.1) is 11.7 Å². The number of likely N-dealkylation sites (tertiary alicyclic amines) is 1. The Morgan fingerprint density at radius 3 is 2.88 bits per heavy atom. The number of hydrogen-bond donors (Lipinski definition) is 2. The molecule has 3 aromatic heterocycles. The van der Waals surface area contributed by atoms with Crippen molar-refractivity contribution in [3.8, 4) is 17.4 Å². The average molecular weight is 470 g/mol. The molecule has 3 aromatic rings. The van der Waals surface area contributed by atoms with Crippen LogP contribution < -0.4 is 19.5 Å². The van der Waals surface area contributed by atoms with Crippen LogP contribution in [0.15, 0.2) is 30.6 Å². The third kappa shape index (κ3) is 4.89. The molecule has 0 radical (unpaired) electrons. The summed E-state index contributed by atoms with van der Waals surface area (Å²) in [4.78, 5) is 15.1. The van der Waals surface area contributed by atoms with E-state index in [9.17, 15) is 9.50 Å². The molecular formula is C24H28FN5O4. The van der Waals surface area contributed by atoms with E-state index in [0.29, 0.717) is 79.8 Å².